The van der Waals surface area contributed by atoms with Gasteiger partial charge in [-0.15, -0.1) is 11.3 Å². The average Bonchev–Trinajstić information content (AvgIpc) is 3.27. The lowest BCUT2D eigenvalue weighted by atomic mass is 9.72. The van der Waals surface area contributed by atoms with E-state index in [4.69, 9.17) is 9.47 Å². The summed E-state index contributed by atoms with van der Waals surface area (Å²) in [6.45, 7) is 3.93. The Labute approximate surface area is 194 Å². The lowest BCUT2D eigenvalue weighted by Crippen LogP contribution is -2.36. The fourth-order valence-electron chi connectivity index (χ4n) is 4.44. The van der Waals surface area contributed by atoms with Crippen molar-refractivity contribution in [3.63, 3.8) is 0 Å². The normalized spacial score (nSPS) is 21.0. The van der Waals surface area contributed by atoms with Gasteiger partial charge in [0.05, 0.1) is 23.8 Å². The third-order valence-corrected chi connectivity index (χ3v) is 7.43. The van der Waals surface area contributed by atoms with Crippen LogP contribution in [0.25, 0.3) is 0 Å². The second-order valence-corrected chi connectivity index (χ2v) is 9.48. The molecule has 1 N–H and O–H groups in total. The first-order chi connectivity index (χ1) is 14.9. The monoisotopic (exact) mass is 501 g/mol. The summed E-state index contributed by atoms with van der Waals surface area (Å²) in [5.74, 6) is 0.0359. The summed E-state index contributed by atoms with van der Waals surface area (Å²) in [6.07, 6.45) is 1.17. The quantitative estimate of drug-likeness (QED) is 0.552. The van der Waals surface area contributed by atoms with Crippen LogP contribution in [-0.4, -0.2) is 25.5 Å². The number of allylic oxidation sites excluding steroid dienone is 3. The largest absolute Gasteiger partial charge is 0.496 e. The van der Waals surface area contributed by atoms with E-state index in [-0.39, 0.29) is 18.3 Å². The van der Waals surface area contributed by atoms with Crippen LogP contribution in [0.5, 0.6) is 5.75 Å². The number of rotatable bonds is 5. The number of hydrogen-bond donors (Lipinski definition) is 1. The number of methoxy groups -OCH3 is 1. The van der Waals surface area contributed by atoms with Crippen molar-refractivity contribution in [3.05, 3.63) is 73.2 Å². The summed E-state index contributed by atoms with van der Waals surface area (Å²) in [6, 6.07) is 9.79. The summed E-state index contributed by atoms with van der Waals surface area (Å²) in [5, 5.41) is 5.41. The number of esters is 1. The Morgan fingerprint density at radius 1 is 1.29 bits per heavy atom. The molecule has 2 aromatic rings. The van der Waals surface area contributed by atoms with Crippen LogP contribution in [0.4, 0.5) is 0 Å². The number of ether oxygens (including phenoxy) is 2. The Balaban J connectivity index is 1.83. The second-order valence-electron chi connectivity index (χ2n) is 7.65. The van der Waals surface area contributed by atoms with Crippen LogP contribution in [0.2, 0.25) is 0 Å². The molecule has 0 spiro atoms. The van der Waals surface area contributed by atoms with Gasteiger partial charge in [0.1, 0.15) is 5.75 Å². The number of dihydropyridines is 1. The van der Waals surface area contributed by atoms with E-state index in [0.717, 1.165) is 27.9 Å². The topological polar surface area (TPSA) is 64.6 Å². The van der Waals surface area contributed by atoms with E-state index in [9.17, 15) is 9.59 Å². The van der Waals surface area contributed by atoms with Crippen LogP contribution in [0.1, 0.15) is 49.0 Å². The smallest absolute Gasteiger partial charge is 0.336 e. The molecular weight excluding hydrogens is 478 g/mol. The molecule has 1 aromatic heterocycles. The zero-order valence-corrected chi connectivity index (χ0v) is 20.1. The number of thiophene rings is 1. The molecular formula is C24H24BrNO4S. The van der Waals surface area contributed by atoms with Crippen molar-refractivity contribution >= 4 is 39.0 Å². The number of benzene rings is 1. The van der Waals surface area contributed by atoms with Gasteiger partial charge in [-0.25, -0.2) is 4.79 Å². The van der Waals surface area contributed by atoms with E-state index < -0.39 is 11.9 Å². The number of carbonyl (C=O) groups excluding carboxylic acids is 2. The predicted molar refractivity (Wildman–Crippen MR) is 124 cm³/mol. The molecule has 5 nitrogen and oxygen atoms in total. The maximum Gasteiger partial charge on any atom is 0.336 e. The zero-order valence-electron chi connectivity index (χ0n) is 17.7. The molecule has 7 heteroatoms. The molecule has 1 aliphatic heterocycles. The van der Waals surface area contributed by atoms with Crippen molar-refractivity contribution in [1.29, 1.82) is 0 Å². The van der Waals surface area contributed by atoms with Gasteiger partial charge in [-0.3, -0.25) is 4.79 Å². The van der Waals surface area contributed by atoms with E-state index in [0.29, 0.717) is 23.3 Å². The van der Waals surface area contributed by atoms with E-state index >= 15 is 0 Å². The molecule has 1 aliphatic carbocycles. The van der Waals surface area contributed by atoms with E-state index in [1.807, 2.05) is 36.6 Å². The number of hydrogen-bond acceptors (Lipinski definition) is 6. The second kappa shape index (κ2) is 9.01. The number of carbonyl (C=O) groups is 2. The van der Waals surface area contributed by atoms with Crippen molar-refractivity contribution < 1.29 is 19.1 Å². The minimum absolute atomic E-state index is 0.0680. The van der Waals surface area contributed by atoms with Gasteiger partial charge < -0.3 is 14.8 Å². The molecule has 0 amide bonds. The van der Waals surface area contributed by atoms with Crippen molar-refractivity contribution in [1.82, 2.24) is 5.32 Å². The molecule has 2 heterocycles. The highest BCUT2D eigenvalue weighted by atomic mass is 79.9. The van der Waals surface area contributed by atoms with Crippen LogP contribution in [0.15, 0.2) is 62.7 Å². The zero-order chi connectivity index (χ0) is 22.1. The number of ketones is 1. The van der Waals surface area contributed by atoms with Gasteiger partial charge in [-0.05, 0) is 65.3 Å². The molecule has 0 radical (unpaired) electrons. The van der Waals surface area contributed by atoms with Gasteiger partial charge in [0.15, 0.2) is 5.78 Å². The van der Waals surface area contributed by atoms with Crippen LogP contribution < -0.4 is 10.1 Å². The molecule has 0 bridgehead atoms. The standard InChI is InChI=1S/C24H24BrNO4S/c1-4-30-24(28)21-13(2)26-17-11-15(20-6-5-9-31-20)12-18(27)23(17)22(21)14-7-8-19(29-3)16(25)10-14/h5-10,15,22,26H,4,11-12H2,1-3H3/t15-,22-/m0/s1. The Morgan fingerprint density at radius 3 is 2.74 bits per heavy atom. The SMILES string of the molecule is CCOC(=O)C1=C(C)NC2=C(C(=O)C[C@@H](c3cccs3)C2)[C@H]1c1ccc(OC)c(Br)c1. The highest BCUT2D eigenvalue weighted by Crippen LogP contribution is 2.47. The van der Waals surface area contributed by atoms with Gasteiger partial charge >= 0.3 is 5.97 Å². The van der Waals surface area contributed by atoms with Crippen LogP contribution in [-0.2, 0) is 14.3 Å². The first-order valence-corrected chi connectivity index (χ1v) is 11.9. The molecule has 31 heavy (non-hydrogen) atoms. The maximum absolute atomic E-state index is 13.5. The minimum atomic E-state index is -0.478. The van der Waals surface area contributed by atoms with Crippen molar-refractivity contribution in [2.24, 2.45) is 0 Å². The van der Waals surface area contributed by atoms with Gasteiger partial charge in [0.25, 0.3) is 0 Å². The van der Waals surface area contributed by atoms with Gasteiger partial charge in [0.2, 0.25) is 0 Å². The minimum Gasteiger partial charge on any atom is -0.496 e. The highest BCUT2D eigenvalue weighted by Gasteiger charge is 2.41. The average molecular weight is 502 g/mol. The molecule has 1 aromatic carbocycles. The van der Waals surface area contributed by atoms with Crippen molar-refractivity contribution in [2.75, 3.05) is 13.7 Å². The van der Waals surface area contributed by atoms with E-state index in [1.165, 1.54) is 4.88 Å². The lowest BCUT2D eigenvalue weighted by molar-refractivity contribution is -0.138. The van der Waals surface area contributed by atoms with Gasteiger partial charge in [-0.2, -0.15) is 0 Å². The number of halogens is 1. The van der Waals surface area contributed by atoms with Crippen LogP contribution in [0, 0.1) is 0 Å². The summed E-state index contributed by atoms with van der Waals surface area (Å²) in [4.78, 5) is 27.6. The molecule has 162 valence electrons. The Hall–Kier alpha value is -2.38. The molecule has 0 fully saturated rings. The predicted octanol–water partition coefficient (Wildman–Crippen LogP) is 5.44. The summed E-state index contributed by atoms with van der Waals surface area (Å²) in [5.41, 5.74) is 3.64. The fraction of sp³-hybridized carbons (Fsp3) is 0.333. The number of Topliss-reactive ketones (excluding diaryl/α,β-unsaturated/α-hetero) is 1. The lowest BCUT2D eigenvalue weighted by Gasteiger charge is -2.36. The molecule has 0 saturated heterocycles. The van der Waals surface area contributed by atoms with E-state index in [2.05, 4.69) is 27.3 Å². The molecule has 0 saturated carbocycles. The maximum atomic E-state index is 13.5. The summed E-state index contributed by atoms with van der Waals surface area (Å²) in [7, 11) is 1.61. The Bertz CT molecular complexity index is 1090. The van der Waals surface area contributed by atoms with Crippen LogP contribution in [0.3, 0.4) is 0 Å². The first-order valence-electron chi connectivity index (χ1n) is 10.2. The molecule has 4 rings (SSSR count). The van der Waals surface area contributed by atoms with Crippen molar-refractivity contribution in [2.45, 2.75) is 38.5 Å². The van der Waals surface area contributed by atoms with E-state index in [1.54, 1.807) is 25.4 Å². The highest BCUT2D eigenvalue weighted by molar-refractivity contribution is 9.10. The van der Waals surface area contributed by atoms with Crippen LogP contribution >= 0.6 is 27.3 Å². The summed E-state index contributed by atoms with van der Waals surface area (Å²) >= 11 is 5.22. The molecule has 0 unspecified atom stereocenters. The first kappa shape index (κ1) is 21.8. The van der Waals surface area contributed by atoms with Gasteiger partial charge in [-0.1, -0.05) is 12.1 Å². The fourth-order valence-corrected chi connectivity index (χ4v) is 5.83. The number of nitrogens with one attached hydrogen (secondary N) is 1. The Morgan fingerprint density at radius 2 is 2.10 bits per heavy atom. The molecule has 2 aliphatic rings. The Kier molecular flexibility index (Phi) is 6.34. The summed E-state index contributed by atoms with van der Waals surface area (Å²) < 4.78 is 11.5. The van der Waals surface area contributed by atoms with Gasteiger partial charge in [0, 0.05) is 40.1 Å². The van der Waals surface area contributed by atoms with Crippen molar-refractivity contribution in [3.8, 4) is 5.75 Å². The molecule has 2 atom stereocenters. The third-order valence-electron chi connectivity index (χ3n) is 5.78. The third kappa shape index (κ3) is 4.08.